The molecule has 0 unspecified atom stereocenters. The Bertz CT molecular complexity index is 381. The molecule has 5 heteroatoms. The van der Waals surface area contributed by atoms with Crippen LogP contribution in [0.15, 0.2) is 22.5 Å². The molecular formula is C11H18N4S. The van der Waals surface area contributed by atoms with Gasteiger partial charge in [0.25, 0.3) is 0 Å². The zero-order valence-electron chi connectivity index (χ0n) is 9.79. The van der Waals surface area contributed by atoms with Crippen LogP contribution < -0.4 is 11.1 Å². The van der Waals surface area contributed by atoms with Crippen molar-refractivity contribution in [2.24, 2.45) is 10.7 Å². The molecule has 0 aromatic carbocycles. The van der Waals surface area contributed by atoms with Crippen LogP contribution in [0.25, 0.3) is 0 Å². The van der Waals surface area contributed by atoms with E-state index >= 15 is 0 Å². The van der Waals surface area contributed by atoms with E-state index in [0.29, 0.717) is 12.5 Å². The Morgan fingerprint density at radius 1 is 1.69 bits per heavy atom. The Morgan fingerprint density at radius 3 is 3.00 bits per heavy atom. The smallest absolute Gasteiger partial charge is 0.188 e. The Morgan fingerprint density at radius 2 is 2.44 bits per heavy atom. The van der Waals surface area contributed by atoms with Gasteiger partial charge in [-0.3, -0.25) is 0 Å². The van der Waals surface area contributed by atoms with E-state index in [1.807, 2.05) is 13.8 Å². The van der Waals surface area contributed by atoms with Crippen LogP contribution >= 0.6 is 11.3 Å². The monoisotopic (exact) mass is 238 g/mol. The molecule has 0 saturated carbocycles. The normalized spacial score (nSPS) is 11.5. The molecule has 0 spiro atoms. The Labute approximate surface area is 100 Å². The molecule has 4 nitrogen and oxygen atoms in total. The van der Waals surface area contributed by atoms with Crippen molar-refractivity contribution < 1.29 is 0 Å². The Kier molecular flexibility index (Phi) is 4.98. The van der Waals surface area contributed by atoms with Crippen molar-refractivity contribution in [1.82, 2.24) is 10.3 Å². The fourth-order valence-electron chi connectivity index (χ4n) is 1.12. The summed E-state index contributed by atoms with van der Waals surface area (Å²) in [6.45, 7) is 9.02. The topological polar surface area (TPSA) is 63.3 Å². The first-order chi connectivity index (χ1) is 7.58. The maximum atomic E-state index is 5.67. The van der Waals surface area contributed by atoms with E-state index in [2.05, 4.69) is 27.3 Å². The fraction of sp³-hybridized carbons (Fsp3) is 0.455. The number of nitrogens with one attached hydrogen (secondary N) is 1. The van der Waals surface area contributed by atoms with E-state index in [9.17, 15) is 0 Å². The maximum Gasteiger partial charge on any atom is 0.188 e. The lowest BCUT2D eigenvalue weighted by Gasteiger charge is -2.03. The van der Waals surface area contributed by atoms with Gasteiger partial charge in [-0.1, -0.05) is 12.2 Å². The maximum absolute atomic E-state index is 5.67. The van der Waals surface area contributed by atoms with Crippen LogP contribution in [-0.2, 0) is 6.42 Å². The van der Waals surface area contributed by atoms with Gasteiger partial charge in [-0.15, -0.1) is 11.3 Å². The minimum atomic E-state index is 0.468. The van der Waals surface area contributed by atoms with E-state index in [1.54, 1.807) is 11.3 Å². The molecule has 0 aliphatic heterocycles. The van der Waals surface area contributed by atoms with Gasteiger partial charge < -0.3 is 11.1 Å². The van der Waals surface area contributed by atoms with Gasteiger partial charge in [-0.05, 0) is 13.8 Å². The van der Waals surface area contributed by atoms with Gasteiger partial charge in [-0.2, -0.15) is 0 Å². The molecule has 1 aromatic heterocycles. The number of aliphatic imine (C=N–C) groups is 1. The lowest BCUT2D eigenvalue weighted by atomic mass is 10.3. The number of nitrogens with two attached hydrogens (primary N) is 1. The minimum Gasteiger partial charge on any atom is -0.370 e. The van der Waals surface area contributed by atoms with Crippen molar-refractivity contribution >= 4 is 17.3 Å². The number of aryl methyl sites for hydroxylation is 1. The predicted octanol–water partition coefficient (Wildman–Crippen LogP) is 1.47. The number of hydrogen-bond donors (Lipinski definition) is 2. The van der Waals surface area contributed by atoms with Crippen molar-refractivity contribution in [1.29, 1.82) is 0 Å². The summed E-state index contributed by atoms with van der Waals surface area (Å²) in [6, 6.07) is 0. The molecule has 0 bridgehead atoms. The molecule has 3 N–H and O–H groups in total. The average molecular weight is 238 g/mol. The molecule has 1 rings (SSSR count). The minimum absolute atomic E-state index is 0.468. The number of nitrogens with zero attached hydrogens (tertiary/aromatic N) is 2. The Balaban J connectivity index is 2.25. The lowest BCUT2D eigenvalue weighted by Crippen LogP contribution is -2.33. The lowest BCUT2D eigenvalue weighted by molar-refractivity contribution is 0.834. The second kappa shape index (κ2) is 6.27. The van der Waals surface area contributed by atoms with Crippen molar-refractivity contribution in [3.05, 3.63) is 28.2 Å². The highest BCUT2D eigenvalue weighted by Gasteiger charge is 1.98. The standard InChI is InChI=1S/C11H18N4S/c1-8(2)6-14-11(12)13-5-4-10-7-16-9(3)15-10/h7H,1,4-6H2,2-3H3,(H3,12,13,14). The molecular weight excluding hydrogens is 220 g/mol. The molecule has 0 saturated heterocycles. The van der Waals surface area contributed by atoms with E-state index < -0.39 is 0 Å². The van der Waals surface area contributed by atoms with Gasteiger partial charge in [0.1, 0.15) is 0 Å². The molecule has 1 heterocycles. The fourth-order valence-corrected chi connectivity index (χ4v) is 1.76. The van der Waals surface area contributed by atoms with Crippen molar-refractivity contribution in [2.45, 2.75) is 20.3 Å². The van der Waals surface area contributed by atoms with Crippen LogP contribution in [0.5, 0.6) is 0 Å². The van der Waals surface area contributed by atoms with Gasteiger partial charge in [-0.25, -0.2) is 9.98 Å². The summed E-state index contributed by atoms with van der Waals surface area (Å²) in [5.41, 5.74) is 7.77. The molecule has 0 aliphatic carbocycles. The number of rotatable bonds is 5. The van der Waals surface area contributed by atoms with Crippen molar-refractivity contribution in [3.63, 3.8) is 0 Å². The SMILES string of the molecule is C=C(C)CN=C(N)NCCc1csc(C)n1. The number of thiazole rings is 1. The summed E-state index contributed by atoms with van der Waals surface area (Å²) in [5.74, 6) is 0.468. The quantitative estimate of drug-likeness (QED) is 0.464. The second-order valence-electron chi connectivity index (χ2n) is 3.69. The summed E-state index contributed by atoms with van der Waals surface area (Å²) in [4.78, 5) is 8.49. The largest absolute Gasteiger partial charge is 0.370 e. The molecule has 0 atom stereocenters. The highest BCUT2D eigenvalue weighted by Crippen LogP contribution is 2.07. The third-order valence-electron chi connectivity index (χ3n) is 1.87. The third-order valence-corrected chi connectivity index (χ3v) is 2.70. The first-order valence-corrected chi connectivity index (χ1v) is 6.05. The van der Waals surface area contributed by atoms with Crippen LogP contribution in [0.3, 0.4) is 0 Å². The van der Waals surface area contributed by atoms with Gasteiger partial charge in [0.2, 0.25) is 0 Å². The van der Waals surface area contributed by atoms with E-state index in [0.717, 1.165) is 29.2 Å². The summed E-state index contributed by atoms with van der Waals surface area (Å²) in [7, 11) is 0. The third kappa shape index (κ3) is 4.93. The molecule has 1 aromatic rings. The Hall–Kier alpha value is -1.36. The van der Waals surface area contributed by atoms with Gasteiger partial charge >= 0.3 is 0 Å². The summed E-state index contributed by atoms with van der Waals surface area (Å²) in [5, 5.41) is 6.21. The van der Waals surface area contributed by atoms with Crippen LogP contribution in [0.2, 0.25) is 0 Å². The number of aromatic nitrogens is 1. The number of hydrogen-bond acceptors (Lipinski definition) is 3. The zero-order chi connectivity index (χ0) is 12.0. The second-order valence-corrected chi connectivity index (χ2v) is 4.76. The van der Waals surface area contributed by atoms with Gasteiger partial charge in [0, 0.05) is 18.3 Å². The van der Waals surface area contributed by atoms with Gasteiger partial charge in [0.05, 0.1) is 17.2 Å². The summed E-state index contributed by atoms with van der Waals surface area (Å²) >= 11 is 1.67. The van der Waals surface area contributed by atoms with Gasteiger partial charge in [0.15, 0.2) is 5.96 Å². The summed E-state index contributed by atoms with van der Waals surface area (Å²) in [6.07, 6.45) is 0.869. The predicted molar refractivity (Wildman–Crippen MR) is 69.9 cm³/mol. The highest BCUT2D eigenvalue weighted by atomic mass is 32.1. The molecule has 0 amide bonds. The van der Waals surface area contributed by atoms with Crippen LogP contribution in [0.1, 0.15) is 17.6 Å². The zero-order valence-corrected chi connectivity index (χ0v) is 10.6. The molecule has 0 aliphatic rings. The molecule has 88 valence electrons. The molecule has 0 radical (unpaired) electrons. The molecule has 16 heavy (non-hydrogen) atoms. The van der Waals surface area contributed by atoms with Crippen LogP contribution in [0, 0.1) is 6.92 Å². The van der Waals surface area contributed by atoms with E-state index in [4.69, 9.17) is 5.73 Å². The first-order valence-electron chi connectivity index (χ1n) is 5.17. The van der Waals surface area contributed by atoms with Crippen molar-refractivity contribution in [3.8, 4) is 0 Å². The van der Waals surface area contributed by atoms with E-state index in [-0.39, 0.29) is 0 Å². The molecule has 0 fully saturated rings. The van der Waals surface area contributed by atoms with Crippen LogP contribution in [0.4, 0.5) is 0 Å². The first kappa shape index (κ1) is 12.7. The van der Waals surface area contributed by atoms with Crippen LogP contribution in [-0.4, -0.2) is 24.0 Å². The number of guanidine groups is 1. The highest BCUT2D eigenvalue weighted by molar-refractivity contribution is 7.09. The van der Waals surface area contributed by atoms with Crippen molar-refractivity contribution in [2.75, 3.05) is 13.1 Å². The average Bonchev–Trinajstić information content (AvgIpc) is 2.61. The summed E-state index contributed by atoms with van der Waals surface area (Å²) < 4.78 is 0. The van der Waals surface area contributed by atoms with E-state index in [1.165, 1.54) is 0 Å².